The average Bonchev–Trinajstić information content (AvgIpc) is 3.34. The summed E-state index contributed by atoms with van der Waals surface area (Å²) < 4.78 is 4.47. The molecule has 1 N–H and O–H groups in total. The zero-order valence-corrected chi connectivity index (χ0v) is 12.6. The quantitative estimate of drug-likeness (QED) is 0.534. The van der Waals surface area contributed by atoms with Crippen LogP contribution in [0.4, 0.5) is 0 Å². The van der Waals surface area contributed by atoms with Gasteiger partial charge in [-0.05, 0) is 18.2 Å². The van der Waals surface area contributed by atoms with Crippen LogP contribution in [0.3, 0.4) is 0 Å². The van der Waals surface area contributed by atoms with Crippen LogP contribution in [0, 0.1) is 0 Å². The lowest BCUT2D eigenvalue weighted by molar-refractivity contribution is 0.558. The molecule has 0 atom stereocenters. The second-order valence-electron chi connectivity index (χ2n) is 3.49. The second-order valence-corrected chi connectivity index (χ2v) is 3.49. The summed E-state index contributed by atoms with van der Waals surface area (Å²) in [4.78, 5) is 11.8. The maximum atomic E-state index is 4.47. The van der Waals surface area contributed by atoms with Gasteiger partial charge in [-0.1, -0.05) is 26.0 Å². The average molecular weight is 297 g/mol. The largest absolute Gasteiger partial charge is 0.452 e. The monoisotopic (exact) mass is 297 g/mol. The first-order valence-corrected chi connectivity index (χ1v) is 6.88. The first-order valence-electron chi connectivity index (χ1n) is 6.88. The number of fused-ring (bicyclic) bond motifs is 1. The van der Waals surface area contributed by atoms with E-state index in [4.69, 9.17) is 0 Å². The van der Waals surface area contributed by atoms with Gasteiger partial charge in [0.2, 0.25) is 0 Å². The Morgan fingerprint density at radius 1 is 0.864 bits per heavy atom. The molecule has 1 aromatic carbocycles. The SMILES string of the molecule is CC.c1ccc2nccnc2c1.c1cn[nH]c1.c1cocn1. The van der Waals surface area contributed by atoms with E-state index < -0.39 is 0 Å². The summed E-state index contributed by atoms with van der Waals surface area (Å²) in [5.41, 5.74) is 1.90. The minimum atomic E-state index is 0.949. The van der Waals surface area contributed by atoms with E-state index in [0.717, 1.165) is 11.0 Å². The van der Waals surface area contributed by atoms with Crippen LogP contribution in [0.25, 0.3) is 11.0 Å². The van der Waals surface area contributed by atoms with Crippen LogP contribution in [0.1, 0.15) is 13.8 Å². The van der Waals surface area contributed by atoms with Crippen molar-refractivity contribution in [2.24, 2.45) is 0 Å². The Morgan fingerprint density at radius 2 is 1.55 bits per heavy atom. The molecule has 114 valence electrons. The van der Waals surface area contributed by atoms with E-state index >= 15 is 0 Å². The molecule has 3 heterocycles. The Balaban J connectivity index is 0.000000171. The highest BCUT2D eigenvalue weighted by molar-refractivity contribution is 5.72. The van der Waals surface area contributed by atoms with Gasteiger partial charge in [-0.25, -0.2) is 4.98 Å². The fourth-order valence-corrected chi connectivity index (χ4v) is 1.30. The number of nitrogens with zero attached hydrogens (tertiary/aromatic N) is 4. The number of hydrogen-bond donors (Lipinski definition) is 1. The molecule has 0 radical (unpaired) electrons. The number of nitrogens with one attached hydrogen (secondary N) is 1. The van der Waals surface area contributed by atoms with Crippen LogP contribution in [0.5, 0.6) is 0 Å². The van der Waals surface area contributed by atoms with E-state index in [2.05, 4.69) is 29.6 Å². The van der Waals surface area contributed by atoms with Crippen molar-refractivity contribution in [2.45, 2.75) is 13.8 Å². The Kier molecular flexibility index (Phi) is 9.12. The fraction of sp³-hybridized carbons (Fsp3) is 0.125. The van der Waals surface area contributed by atoms with Gasteiger partial charge in [-0.2, -0.15) is 5.10 Å². The van der Waals surface area contributed by atoms with Crippen molar-refractivity contribution in [1.82, 2.24) is 25.1 Å². The number of benzene rings is 1. The highest BCUT2D eigenvalue weighted by Crippen LogP contribution is 2.04. The van der Waals surface area contributed by atoms with Gasteiger partial charge >= 0.3 is 0 Å². The summed E-state index contributed by atoms with van der Waals surface area (Å²) in [6, 6.07) is 9.64. The Labute approximate surface area is 129 Å². The van der Waals surface area contributed by atoms with Crippen molar-refractivity contribution in [3.8, 4) is 0 Å². The van der Waals surface area contributed by atoms with Crippen LogP contribution >= 0.6 is 0 Å². The first-order chi connectivity index (χ1) is 11.0. The standard InChI is InChI=1S/C8H6N2.C3H4N2.C3H3NO.C2H6/c1-2-4-8-7(3-1)9-5-6-10-8;1-2-4-5-3-1;1-2-5-3-4-1;1-2/h1-6H;1-3H,(H,4,5);1-3H;1-2H3. The topological polar surface area (TPSA) is 80.5 Å². The molecule has 0 saturated carbocycles. The third-order valence-corrected chi connectivity index (χ3v) is 2.13. The predicted octanol–water partition coefficient (Wildman–Crippen LogP) is 3.74. The lowest BCUT2D eigenvalue weighted by Crippen LogP contribution is -1.78. The molecule has 22 heavy (non-hydrogen) atoms. The Bertz CT molecular complexity index is 554. The molecule has 4 aromatic rings. The third kappa shape index (κ3) is 6.95. The van der Waals surface area contributed by atoms with Crippen LogP contribution in [-0.4, -0.2) is 25.1 Å². The van der Waals surface area contributed by atoms with Crippen molar-refractivity contribution < 1.29 is 4.42 Å². The number of aromatic amines is 1. The van der Waals surface area contributed by atoms with Gasteiger partial charge in [-0.3, -0.25) is 15.1 Å². The summed E-state index contributed by atoms with van der Waals surface area (Å²) in [7, 11) is 0. The molecule has 0 fully saturated rings. The Hall–Kier alpha value is -3.02. The van der Waals surface area contributed by atoms with Crippen LogP contribution < -0.4 is 0 Å². The maximum Gasteiger partial charge on any atom is 0.180 e. The Morgan fingerprint density at radius 3 is 1.86 bits per heavy atom. The van der Waals surface area contributed by atoms with Crippen molar-refractivity contribution in [3.05, 3.63) is 74.0 Å². The molecule has 0 aliphatic carbocycles. The zero-order chi connectivity index (χ0) is 15.9. The summed E-state index contributed by atoms with van der Waals surface area (Å²) >= 11 is 0. The number of rotatable bonds is 0. The van der Waals surface area contributed by atoms with Gasteiger partial charge in [0, 0.05) is 24.8 Å². The maximum absolute atomic E-state index is 4.47. The van der Waals surface area contributed by atoms with E-state index in [-0.39, 0.29) is 0 Å². The normalized spacial score (nSPS) is 8.45. The molecule has 0 bridgehead atoms. The highest BCUT2D eigenvalue weighted by Gasteiger charge is 1.88. The lowest BCUT2D eigenvalue weighted by atomic mass is 10.3. The molecular formula is C16H19N5O. The number of oxazole rings is 1. The van der Waals surface area contributed by atoms with E-state index in [1.165, 1.54) is 12.7 Å². The molecule has 3 aromatic heterocycles. The van der Waals surface area contributed by atoms with E-state index in [0.29, 0.717) is 0 Å². The van der Waals surface area contributed by atoms with Gasteiger partial charge in [0.15, 0.2) is 6.39 Å². The molecule has 0 aliphatic heterocycles. The molecule has 0 saturated heterocycles. The lowest BCUT2D eigenvalue weighted by Gasteiger charge is -1.90. The molecule has 0 amide bonds. The van der Waals surface area contributed by atoms with Crippen molar-refractivity contribution in [1.29, 1.82) is 0 Å². The van der Waals surface area contributed by atoms with Gasteiger partial charge in [0.25, 0.3) is 0 Å². The number of hydrogen-bond acceptors (Lipinski definition) is 5. The predicted molar refractivity (Wildman–Crippen MR) is 86.0 cm³/mol. The molecule has 6 heteroatoms. The van der Waals surface area contributed by atoms with Crippen LogP contribution in [0.15, 0.2) is 78.4 Å². The molecule has 0 aliphatic rings. The van der Waals surface area contributed by atoms with E-state index in [1.54, 1.807) is 31.0 Å². The minimum Gasteiger partial charge on any atom is -0.452 e. The molecular weight excluding hydrogens is 278 g/mol. The van der Waals surface area contributed by atoms with Gasteiger partial charge < -0.3 is 4.42 Å². The summed E-state index contributed by atoms with van der Waals surface area (Å²) in [6.07, 6.45) is 11.3. The molecule has 4 rings (SSSR count). The first kappa shape index (κ1) is 17.0. The van der Waals surface area contributed by atoms with Crippen molar-refractivity contribution in [3.63, 3.8) is 0 Å². The highest BCUT2D eigenvalue weighted by atomic mass is 16.3. The van der Waals surface area contributed by atoms with Gasteiger partial charge in [-0.15, -0.1) is 0 Å². The number of para-hydroxylation sites is 2. The summed E-state index contributed by atoms with van der Waals surface area (Å²) in [5, 5.41) is 6.21. The molecule has 0 spiro atoms. The minimum absolute atomic E-state index is 0.949. The smallest absolute Gasteiger partial charge is 0.180 e. The molecule has 6 nitrogen and oxygen atoms in total. The van der Waals surface area contributed by atoms with Crippen molar-refractivity contribution in [2.75, 3.05) is 0 Å². The van der Waals surface area contributed by atoms with Crippen LogP contribution in [-0.2, 0) is 0 Å². The van der Waals surface area contributed by atoms with E-state index in [9.17, 15) is 0 Å². The second kappa shape index (κ2) is 11.8. The zero-order valence-electron chi connectivity index (χ0n) is 12.6. The van der Waals surface area contributed by atoms with E-state index in [1.807, 2.05) is 44.2 Å². The molecule has 0 unspecified atom stereocenters. The van der Waals surface area contributed by atoms with Gasteiger partial charge in [0.05, 0.1) is 17.2 Å². The number of aromatic nitrogens is 5. The summed E-state index contributed by atoms with van der Waals surface area (Å²) in [5.74, 6) is 0. The third-order valence-electron chi connectivity index (χ3n) is 2.13. The van der Waals surface area contributed by atoms with Gasteiger partial charge in [0.1, 0.15) is 6.26 Å². The fourth-order valence-electron chi connectivity index (χ4n) is 1.30. The van der Waals surface area contributed by atoms with Crippen molar-refractivity contribution >= 4 is 11.0 Å². The summed E-state index contributed by atoms with van der Waals surface area (Å²) in [6.45, 7) is 4.00. The number of H-pyrrole nitrogens is 1. The van der Waals surface area contributed by atoms with Crippen LogP contribution in [0.2, 0.25) is 0 Å².